The van der Waals surface area contributed by atoms with Crippen LogP contribution >= 0.6 is 0 Å². The van der Waals surface area contributed by atoms with Crippen LogP contribution in [0, 0.1) is 0 Å². The van der Waals surface area contributed by atoms with Crippen molar-refractivity contribution in [2.45, 2.75) is 77.4 Å². The van der Waals surface area contributed by atoms with Gasteiger partial charge < -0.3 is 14.2 Å². The lowest BCUT2D eigenvalue weighted by Crippen LogP contribution is -2.20. The summed E-state index contributed by atoms with van der Waals surface area (Å²) in [6.07, 6.45) is 10.6. The van der Waals surface area contributed by atoms with Gasteiger partial charge in [-0.05, 0) is 25.8 Å². The quantitative estimate of drug-likeness (QED) is 0.326. The Hall–Kier alpha value is -1.52. The SMILES string of the molecule is CCCCCCCCC[C@H]1OC(=O)O[C@@H]1/C=C/C(=O)OCC. The first-order valence-corrected chi connectivity index (χ1v) is 8.39. The van der Waals surface area contributed by atoms with E-state index in [2.05, 4.69) is 6.92 Å². The summed E-state index contributed by atoms with van der Waals surface area (Å²) in [7, 11) is 0. The van der Waals surface area contributed by atoms with Crippen LogP contribution in [0.5, 0.6) is 0 Å². The first-order valence-electron chi connectivity index (χ1n) is 8.39. The molecule has 1 fully saturated rings. The van der Waals surface area contributed by atoms with Crippen molar-refractivity contribution < 1.29 is 23.8 Å². The highest BCUT2D eigenvalue weighted by Crippen LogP contribution is 2.22. The topological polar surface area (TPSA) is 61.8 Å². The summed E-state index contributed by atoms with van der Waals surface area (Å²) in [4.78, 5) is 22.5. The molecule has 0 N–H and O–H groups in total. The van der Waals surface area contributed by atoms with Gasteiger partial charge in [0, 0.05) is 6.08 Å². The van der Waals surface area contributed by atoms with Crippen molar-refractivity contribution in [1.29, 1.82) is 0 Å². The number of ether oxygens (including phenoxy) is 3. The van der Waals surface area contributed by atoms with Gasteiger partial charge in [-0.1, -0.05) is 45.4 Å². The van der Waals surface area contributed by atoms with Crippen LogP contribution in [-0.2, 0) is 19.0 Å². The molecule has 0 bridgehead atoms. The van der Waals surface area contributed by atoms with Gasteiger partial charge in [0.25, 0.3) is 0 Å². The monoisotopic (exact) mass is 312 g/mol. The number of carbonyl (C=O) groups excluding carboxylic acids is 2. The minimum Gasteiger partial charge on any atom is -0.463 e. The van der Waals surface area contributed by atoms with Crippen molar-refractivity contribution in [3.63, 3.8) is 0 Å². The predicted molar refractivity (Wildman–Crippen MR) is 83.5 cm³/mol. The minimum atomic E-state index is -0.661. The van der Waals surface area contributed by atoms with E-state index >= 15 is 0 Å². The third kappa shape index (κ3) is 7.48. The second-order valence-electron chi connectivity index (χ2n) is 5.51. The Morgan fingerprint density at radius 2 is 1.77 bits per heavy atom. The van der Waals surface area contributed by atoms with Gasteiger partial charge >= 0.3 is 12.1 Å². The van der Waals surface area contributed by atoms with Gasteiger partial charge in [-0.2, -0.15) is 0 Å². The first kappa shape index (κ1) is 18.5. The second-order valence-corrected chi connectivity index (χ2v) is 5.51. The molecule has 0 saturated carbocycles. The maximum absolute atomic E-state index is 11.3. The number of hydrogen-bond acceptors (Lipinski definition) is 5. The zero-order valence-corrected chi connectivity index (χ0v) is 13.7. The van der Waals surface area contributed by atoms with Crippen molar-refractivity contribution in [3.05, 3.63) is 12.2 Å². The highest BCUT2D eigenvalue weighted by Gasteiger charge is 2.34. The summed E-state index contributed by atoms with van der Waals surface area (Å²) in [5.74, 6) is -0.430. The van der Waals surface area contributed by atoms with E-state index < -0.39 is 18.2 Å². The summed E-state index contributed by atoms with van der Waals surface area (Å²) >= 11 is 0. The van der Waals surface area contributed by atoms with Gasteiger partial charge in [-0.25, -0.2) is 9.59 Å². The summed E-state index contributed by atoms with van der Waals surface area (Å²) in [6, 6.07) is 0. The van der Waals surface area contributed by atoms with Gasteiger partial charge in [-0.3, -0.25) is 0 Å². The summed E-state index contributed by atoms with van der Waals surface area (Å²) in [5, 5.41) is 0. The van der Waals surface area contributed by atoms with E-state index in [9.17, 15) is 9.59 Å². The first-order chi connectivity index (χ1) is 10.7. The van der Waals surface area contributed by atoms with Gasteiger partial charge in [0.2, 0.25) is 0 Å². The summed E-state index contributed by atoms with van der Waals surface area (Å²) in [6.45, 7) is 4.28. The molecule has 22 heavy (non-hydrogen) atoms. The lowest BCUT2D eigenvalue weighted by atomic mass is 10.0. The fraction of sp³-hybridized carbons (Fsp3) is 0.765. The van der Waals surface area contributed by atoms with E-state index in [1.807, 2.05) is 0 Å². The Kier molecular flexibility index (Phi) is 9.35. The minimum absolute atomic E-state index is 0.297. The Labute approximate surface area is 133 Å². The van der Waals surface area contributed by atoms with Gasteiger partial charge in [-0.15, -0.1) is 0 Å². The molecule has 0 radical (unpaired) electrons. The fourth-order valence-corrected chi connectivity index (χ4v) is 2.46. The van der Waals surface area contributed by atoms with Gasteiger partial charge in [0.15, 0.2) is 6.10 Å². The summed E-state index contributed by atoms with van der Waals surface area (Å²) in [5.41, 5.74) is 0. The van der Waals surface area contributed by atoms with Crippen molar-refractivity contribution in [2.24, 2.45) is 0 Å². The molecule has 1 rings (SSSR count). The summed E-state index contributed by atoms with van der Waals surface area (Å²) < 4.78 is 15.0. The van der Waals surface area contributed by atoms with Crippen LogP contribution in [0.2, 0.25) is 0 Å². The zero-order chi connectivity index (χ0) is 16.2. The molecule has 1 heterocycles. The molecule has 0 aromatic carbocycles. The molecule has 0 unspecified atom stereocenters. The average Bonchev–Trinajstić information content (AvgIpc) is 2.84. The number of carbonyl (C=O) groups is 2. The van der Waals surface area contributed by atoms with Crippen LogP contribution < -0.4 is 0 Å². The van der Waals surface area contributed by atoms with E-state index in [4.69, 9.17) is 14.2 Å². The molecule has 0 aromatic rings. The number of unbranched alkanes of at least 4 members (excludes halogenated alkanes) is 6. The Balaban J connectivity index is 2.25. The molecule has 5 nitrogen and oxygen atoms in total. The molecule has 126 valence electrons. The third-order valence-electron chi connectivity index (χ3n) is 3.65. The lowest BCUT2D eigenvalue weighted by Gasteiger charge is -2.11. The van der Waals surface area contributed by atoms with Crippen molar-refractivity contribution in [2.75, 3.05) is 6.61 Å². The highest BCUT2D eigenvalue weighted by atomic mass is 16.8. The van der Waals surface area contributed by atoms with E-state index in [1.165, 1.54) is 38.2 Å². The van der Waals surface area contributed by atoms with E-state index in [-0.39, 0.29) is 6.10 Å². The van der Waals surface area contributed by atoms with Crippen LogP contribution in [0.3, 0.4) is 0 Å². The Morgan fingerprint density at radius 3 is 2.45 bits per heavy atom. The molecule has 0 spiro atoms. The molecular formula is C17H28O5. The normalized spacial score (nSPS) is 20.9. The molecule has 1 aliphatic rings. The predicted octanol–water partition coefficient (Wildman–Crippen LogP) is 4.15. The number of rotatable bonds is 11. The van der Waals surface area contributed by atoms with Crippen LogP contribution in [0.25, 0.3) is 0 Å². The average molecular weight is 312 g/mol. The largest absolute Gasteiger partial charge is 0.509 e. The molecule has 2 atom stereocenters. The number of hydrogen-bond donors (Lipinski definition) is 0. The Bertz CT molecular complexity index is 364. The highest BCUT2D eigenvalue weighted by molar-refractivity contribution is 5.82. The standard InChI is InChI=1S/C17H28O5/c1-3-5-6-7-8-9-10-11-14-15(22-17(19)21-14)12-13-16(18)20-4-2/h12-15H,3-11H2,1-2H3/b13-12+/t14-,15-/m1/s1. The number of cyclic esters (lactones) is 2. The maximum Gasteiger partial charge on any atom is 0.509 e. The van der Waals surface area contributed by atoms with Crippen LogP contribution in [-0.4, -0.2) is 30.9 Å². The third-order valence-corrected chi connectivity index (χ3v) is 3.65. The van der Waals surface area contributed by atoms with E-state index in [0.29, 0.717) is 6.61 Å². The van der Waals surface area contributed by atoms with Crippen LogP contribution in [0.15, 0.2) is 12.2 Å². The molecule has 0 amide bonds. The fourth-order valence-electron chi connectivity index (χ4n) is 2.46. The van der Waals surface area contributed by atoms with Gasteiger partial charge in [0.05, 0.1) is 6.61 Å². The van der Waals surface area contributed by atoms with Crippen LogP contribution in [0.4, 0.5) is 4.79 Å². The molecular weight excluding hydrogens is 284 g/mol. The molecule has 5 heteroatoms. The number of esters is 1. The van der Waals surface area contributed by atoms with Crippen molar-refractivity contribution in [1.82, 2.24) is 0 Å². The molecule has 0 aromatic heterocycles. The van der Waals surface area contributed by atoms with Gasteiger partial charge in [0.1, 0.15) is 6.10 Å². The second kappa shape index (κ2) is 11.1. The molecule has 1 saturated heterocycles. The molecule has 0 aliphatic carbocycles. The lowest BCUT2D eigenvalue weighted by molar-refractivity contribution is -0.137. The zero-order valence-electron chi connectivity index (χ0n) is 13.7. The van der Waals surface area contributed by atoms with E-state index in [1.54, 1.807) is 13.0 Å². The van der Waals surface area contributed by atoms with Crippen LogP contribution in [0.1, 0.15) is 65.2 Å². The van der Waals surface area contributed by atoms with E-state index in [0.717, 1.165) is 19.3 Å². The maximum atomic E-state index is 11.3. The Morgan fingerprint density at radius 1 is 1.09 bits per heavy atom. The molecule has 1 aliphatic heterocycles. The smallest absolute Gasteiger partial charge is 0.463 e. The van der Waals surface area contributed by atoms with Crippen molar-refractivity contribution in [3.8, 4) is 0 Å². The van der Waals surface area contributed by atoms with Crippen molar-refractivity contribution >= 4 is 12.1 Å².